The van der Waals surface area contributed by atoms with Crippen molar-refractivity contribution in [2.45, 2.75) is 93.5 Å². The minimum atomic E-state index is -0.221. The maximum absolute atomic E-state index is 11.6. The van der Waals surface area contributed by atoms with Gasteiger partial charge in [0.1, 0.15) is 0 Å². The minimum absolute atomic E-state index is 0.00694. The number of carbonyl (C=O) groups excluding carboxylic acids is 1. The van der Waals surface area contributed by atoms with Gasteiger partial charge in [-0.3, -0.25) is 9.78 Å². The molecule has 2 saturated carbocycles. The van der Waals surface area contributed by atoms with Crippen LogP contribution in [0.15, 0.2) is 17.0 Å². The number of aromatic nitrogens is 1. The van der Waals surface area contributed by atoms with E-state index in [1.807, 2.05) is 0 Å². The summed E-state index contributed by atoms with van der Waals surface area (Å²) in [7, 11) is 11.0. The molecule has 2 unspecified atom stereocenters. The van der Waals surface area contributed by atoms with E-state index in [1.165, 1.54) is 44.6 Å². The molecular weight excluding hydrogens is 548 g/mol. The molecular formula is C24H35Cl2MnN5O2S-4. The number of ether oxygens (including phenoxy) is 1. The van der Waals surface area contributed by atoms with Crippen LogP contribution in [-0.4, -0.2) is 61.1 Å². The van der Waals surface area contributed by atoms with Crippen LogP contribution in [0.2, 0.25) is 0 Å². The number of halogens is 2. The molecule has 4 atom stereocenters. The number of methoxy groups -OCH3 is 1. The van der Waals surface area contributed by atoms with Crippen LogP contribution in [0.25, 0.3) is 21.3 Å². The third kappa shape index (κ3) is 10.3. The van der Waals surface area contributed by atoms with Gasteiger partial charge in [0.15, 0.2) is 0 Å². The van der Waals surface area contributed by atoms with Gasteiger partial charge in [-0.25, -0.2) is 0 Å². The average molecular weight is 583 g/mol. The molecule has 1 aromatic rings. The first-order valence-electron chi connectivity index (χ1n) is 12.4. The summed E-state index contributed by atoms with van der Waals surface area (Å²) >= 11 is 1.50. The molecule has 0 aromatic carbocycles. The van der Waals surface area contributed by atoms with Gasteiger partial charge in [0.25, 0.3) is 0 Å². The van der Waals surface area contributed by atoms with E-state index in [9.17, 15) is 4.79 Å². The van der Waals surface area contributed by atoms with Gasteiger partial charge in [0, 0.05) is 16.3 Å². The standard InChI is InChI=1S/C24H35N5O2S.2ClH.Mn/c1-31-24(30)16-32-19-12-17-14-27-22-8-4-2-6-20(22)25-10-11-26-21-7-3-5-9-23(21)28-15-18(13-19)29-17;;;/h12-13,20-23H,2-11,14-16H2,1H3;2*1H;/q-4;;;+2/p-2/t20-,21?,22+,23?;;;/m1.../s1. The van der Waals surface area contributed by atoms with Crippen LogP contribution in [0.4, 0.5) is 0 Å². The SMILES string of the molecule is COC(=O)CSc1cc2nc(c1)C[N-][C@H]1CCCC[C@H]1[N-]CC[N-]C1CCCCC1[N-]C2.[Cl][Mn][Cl]. The van der Waals surface area contributed by atoms with Gasteiger partial charge in [-0.2, -0.15) is 37.3 Å². The third-order valence-corrected chi connectivity index (χ3v) is 7.63. The van der Waals surface area contributed by atoms with Crippen LogP contribution in [-0.2, 0) is 35.8 Å². The van der Waals surface area contributed by atoms with E-state index in [0.29, 0.717) is 30.9 Å². The fourth-order valence-corrected chi connectivity index (χ4v) is 5.81. The van der Waals surface area contributed by atoms with Crippen molar-refractivity contribution in [1.29, 1.82) is 0 Å². The van der Waals surface area contributed by atoms with E-state index in [0.717, 1.165) is 55.1 Å². The average Bonchev–Trinajstić information content (AvgIpc) is 2.88. The van der Waals surface area contributed by atoms with Crippen molar-refractivity contribution in [3.63, 3.8) is 0 Å². The first-order valence-corrected chi connectivity index (χ1v) is 16.6. The first kappa shape index (κ1) is 29.5. The second-order valence-electron chi connectivity index (χ2n) is 9.04. The number of nitrogens with zero attached hydrogens (tertiary/aromatic N) is 5. The number of rotatable bonds is 3. The topological polar surface area (TPSA) is 95.6 Å². The summed E-state index contributed by atoms with van der Waals surface area (Å²) in [6.45, 7) is 2.79. The molecule has 1 aliphatic heterocycles. The second-order valence-corrected chi connectivity index (χ2v) is 12.0. The molecule has 2 fully saturated rings. The van der Waals surface area contributed by atoms with Gasteiger partial charge in [-0.05, 0) is 12.1 Å². The number of hydrogen-bond donors (Lipinski definition) is 0. The van der Waals surface area contributed by atoms with E-state index in [-0.39, 0.29) is 31.2 Å². The second kappa shape index (κ2) is 16.7. The number of pyridine rings is 1. The van der Waals surface area contributed by atoms with E-state index in [4.69, 9.17) is 51.2 Å². The van der Waals surface area contributed by atoms with Crippen LogP contribution < -0.4 is 0 Å². The van der Waals surface area contributed by atoms with E-state index in [1.54, 1.807) is 0 Å². The van der Waals surface area contributed by atoms with Crippen LogP contribution in [0.1, 0.15) is 62.8 Å². The molecule has 35 heavy (non-hydrogen) atoms. The van der Waals surface area contributed by atoms with Crippen molar-refractivity contribution >= 4 is 37.9 Å². The Bertz CT molecular complexity index is 733. The predicted octanol–water partition coefficient (Wildman–Crippen LogP) is 6.85. The summed E-state index contributed by atoms with van der Waals surface area (Å²) in [5, 5.41) is 20.1. The van der Waals surface area contributed by atoms with Crippen LogP contribution in [0.5, 0.6) is 0 Å². The van der Waals surface area contributed by atoms with Gasteiger partial charge in [-0.15, -0.1) is 24.9 Å². The zero-order valence-corrected chi connectivity index (χ0v) is 23.8. The Balaban J connectivity index is 0.00000108. The Hall–Kier alpha value is -0.0905. The van der Waals surface area contributed by atoms with Crippen molar-refractivity contribution in [1.82, 2.24) is 4.98 Å². The number of esters is 1. The Morgan fingerprint density at radius 2 is 1.34 bits per heavy atom. The number of thioether (sulfide) groups is 1. The summed E-state index contributed by atoms with van der Waals surface area (Å²) in [5.41, 5.74) is 1.91. The Labute approximate surface area is 229 Å². The molecule has 2 aliphatic carbocycles. The first-order chi connectivity index (χ1) is 17.1. The molecule has 4 rings (SSSR count). The molecule has 199 valence electrons. The third-order valence-electron chi connectivity index (χ3n) is 6.68. The fourth-order valence-electron chi connectivity index (χ4n) is 4.97. The van der Waals surface area contributed by atoms with Crippen LogP contribution in [0, 0.1) is 0 Å². The maximum atomic E-state index is 11.6. The molecule has 1 aromatic heterocycles. The number of fused-ring (bicyclic) bond motifs is 4. The zero-order chi connectivity index (χ0) is 24.9. The Kier molecular flexibility index (Phi) is 14.1. The predicted molar refractivity (Wildman–Crippen MR) is 141 cm³/mol. The molecule has 0 spiro atoms. The summed E-state index contributed by atoms with van der Waals surface area (Å²) in [6.07, 6.45) is 9.39. The van der Waals surface area contributed by atoms with Gasteiger partial charge < -0.3 is 26.0 Å². The van der Waals surface area contributed by atoms with Gasteiger partial charge in [0.05, 0.1) is 12.9 Å². The molecule has 3 aliphatic rings. The summed E-state index contributed by atoms with van der Waals surface area (Å²) in [6, 6.07) is 5.30. The number of carbonyl (C=O) groups is 1. The van der Waals surface area contributed by atoms with Gasteiger partial charge >= 0.3 is 39.3 Å². The molecule has 0 N–H and O–H groups in total. The molecule has 7 nitrogen and oxygen atoms in total. The van der Waals surface area contributed by atoms with E-state index in [2.05, 4.69) is 12.1 Å². The quantitative estimate of drug-likeness (QED) is 0.221. The van der Waals surface area contributed by atoms with Crippen molar-refractivity contribution in [3.05, 3.63) is 44.8 Å². The molecule has 0 radical (unpaired) electrons. The molecule has 0 amide bonds. The van der Waals surface area contributed by atoms with Crippen molar-refractivity contribution < 1.29 is 22.7 Å². The van der Waals surface area contributed by atoms with E-state index >= 15 is 0 Å². The van der Waals surface area contributed by atoms with Crippen molar-refractivity contribution in [2.24, 2.45) is 0 Å². The molecule has 2 heterocycles. The van der Waals surface area contributed by atoms with Crippen molar-refractivity contribution in [2.75, 3.05) is 26.0 Å². The molecule has 0 saturated heterocycles. The van der Waals surface area contributed by atoms with Crippen LogP contribution >= 0.6 is 32.0 Å². The fraction of sp³-hybridized carbons (Fsp3) is 0.750. The van der Waals surface area contributed by atoms with Crippen molar-refractivity contribution in [3.8, 4) is 0 Å². The summed E-state index contributed by atoms with van der Waals surface area (Å²) < 4.78 is 4.81. The molecule has 2 bridgehead atoms. The monoisotopic (exact) mass is 582 g/mol. The van der Waals surface area contributed by atoms with Crippen LogP contribution in [0.3, 0.4) is 0 Å². The van der Waals surface area contributed by atoms with Gasteiger partial charge in [0.2, 0.25) is 0 Å². The number of hydrogen-bond acceptors (Lipinski definition) is 4. The Morgan fingerprint density at radius 3 is 1.77 bits per heavy atom. The normalized spacial score (nSPS) is 27.6. The zero-order valence-electron chi connectivity index (χ0n) is 20.3. The Morgan fingerprint density at radius 1 is 0.914 bits per heavy atom. The van der Waals surface area contributed by atoms with E-state index < -0.39 is 0 Å². The summed E-state index contributed by atoms with van der Waals surface area (Å²) in [4.78, 5) is 17.6. The van der Waals surface area contributed by atoms with Gasteiger partial charge in [-0.1, -0.05) is 51.4 Å². The molecule has 11 heteroatoms. The summed E-state index contributed by atoms with van der Waals surface area (Å²) in [5.74, 6) is 0.0712.